The predicted molar refractivity (Wildman–Crippen MR) is 62.5 cm³/mol. The molecule has 76 valence electrons. The van der Waals surface area contributed by atoms with Gasteiger partial charge in [-0.05, 0) is 42.3 Å². The Balaban J connectivity index is 2.33. The van der Waals surface area contributed by atoms with Gasteiger partial charge in [0.1, 0.15) is 5.75 Å². The molecule has 0 N–H and O–H groups in total. The molecule has 0 aromatic heterocycles. The first kappa shape index (κ1) is 8.78. The number of aryl methyl sites for hydroxylation is 2. The Morgan fingerprint density at radius 3 is 2.67 bits per heavy atom. The van der Waals surface area contributed by atoms with E-state index in [2.05, 4.69) is 30.3 Å². The minimum absolute atomic E-state index is 0.735. The SMILES string of the molecule is CCOc1ccc2c3c(cccc13)CC2. The van der Waals surface area contributed by atoms with Crippen LogP contribution in [0.2, 0.25) is 0 Å². The highest BCUT2D eigenvalue weighted by Gasteiger charge is 2.15. The Morgan fingerprint density at radius 1 is 1.07 bits per heavy atom. The normalized spacial score (nSPS) is 13.4. The van der Waals surface area contributed by atoms with E-state index >= 15 is 0 Å². The van der Waals surface area contributed by atoms with E-state index in [0.717, 1.165) is 12.4 Å². The maximum atomic E-state index is 5.66. The van der Waals surface area contributed by atoms with Crippen LogP contribution in [0.5, 0.6) is 5.75 Å². The van der Waals surface area contributed by atoms with Crippen molar-refractivity contribution in [2.45, 2.75) is 19.8 Å². The van der Waals surface area contributed by atoms with Gasteiger partial charge in [0.15, 0.2) is 0 Å². The fourth-order valence-corrected chi connectivity index (χ4v) is 2.50. The van der Waals surface area contributed by atoms with Gasteiger partial charge in [0.2, 0.25) is 0 Å². The van der Waals surface area contributed by atoms with Crippen LogP contribution >= 0.6 is 0 Å². The van der Waals surface area contributed by atoms with Crippen molar-refractivity contribution in [1.29, 1.82) is 0 Å². The van der Waals surface area contributed by atoms with Crippen molar-refractivity contribution in [1.82, 2.24) is 0 Å². The molecule has 0 saturated carbocycles. The highest BCUT2D eigenvalue weighted by Crippen LogP contribution is 2.35. The maximum Gasteiger partial charge on any atom is 0.127 e. The highest BCUT2D eigenvalue weighted by molar-refractivity contribution is 5.95. The molecule has 2 aromatic rings. The molecule has 0 radical (unpaired) electrons. The first-order valence-electron chi connectivity index (χ1n) is 5.56. The second-order valence-electron chi connectivity index (χ2n) is 4.00. The van der Waals surface area contributed by atoms with Crippen molar-refractivity contribution in [3.8, 4) is 5.75 Å². The molecule has 0 atom stereocenters. The van der Waals surface area contributed by atoms with Crippen LogP contribution in [0.3, 0.4) is 0 Å². The summed E-state index contributed by atoms with van der Waals surface area (Å²) in [5.41, 5.74) is 2.95. The van der Waals surface area contributed by atoms with Gasteiger partial charge in [0, 0.05) is 5.39 Å². The zero-order valence-corrected chi connectivity index (χ0v) is 8.92. The molecule has 2 aromatic carbocycles. The first-order chi connectivity index (χ1) is 7.40. The largest absolute Gasteiger partial charge is 0.493 e. The molecular weight excluding hydrogens is 184 g/mol. The van der Waals surface area contributed by atoms with E-state index in [1.807, 2.05) is 6.92 Å². The van der Waals surface area contributed by atoms with Gasteiger partial charge in [-0.1, -0.05) is 24.3 Å². The molecule has 0 bridgehead atoms. The minimum atomic E-state index is 0.735. The van der Waals surface area contributed by atoms with Crippen molar-refractivity contribution >= 4 is 10.8 Å². The summed E-state index contributed by atoms with van der Waals surface area (Å²) in [5, 5.41) is 2.72. The van der Waals surface area contributed by atoms with Gasteiger partial charge in [-0.15, -0.1) is 0 Å². The van der Waals surface area contributed by atoms with E-state index in [-0.39, 0.29) is 0 Å². The van der Waals surface area contributed by atoms with Gasteiger partial charge in [-0.3, -0.25) is 0 Å². The van der Waals surface area contributed by atoms with E-state index in [4.69, 9.17) is 4.74 Å². The monoisotopic (exact) mass is 198 g/mol. The van der Waals surface area contributed by atoms with Crippen LogP contribution < -0.4 is 4.74 Å². The standard InChI is InChI=1S/C14H14O/c1-2-15-13-9-8-11-7-6-10-4-3-5-12(13)14(10)11/h3-5,8-9H,2,6-7H2,1H3. The molecule has 0 saturated heterocycles. The van der Waals surface area contributed by atoms with Gasteiger partial charge in [-0.25, -0.2) is 0 Å². The molecule has 0 aliphatic heterocycles. The lowest BCUT2D eigenvalue weighted by atomic mass is 10.0. The summed E-state index contributed by atoms with van der Waals surface area (Å²) < 4.78 is 5.66. The summed E-state index contributed by atoms with van der Waals surface area (Å²) in [6, 6.07) is 10.8. The van der Waals surface area contributed by atoms with Crippen molar-refractivity contribution in [3.05, 3.63) is 41.5 Å². The molecular formula is C14H14O. The van der Waals surface area contributed by atoms with Crippen LogP contribution in [-0.2, 0) is 12.8 Å². The van der Waals surface area contributed by atoms with E-state index in [0.29, 0.717) is 0 Å². The summed E-state index contributed by atoms with van der Waals surface area (Å²) in [4.78, 5) is 0. The van der Waals surface area contributed by atoms with E-state index in [1.165, 1.54) is 34.7 Å². The maximum absolute atomic E-state index is 5.66. The fraction of sp³-hybridized carbons (Fsp3) is 0.286. The van der Waals surface area contributed by atoms with Crippen molar-refractivity contribution in [2.75, 3.05) is 6.61 Å². The molecule has 1 aliphatic carbocycles. The zero-order valence-electron chi connectivity index (χ0n) is 8.92. The third-order valence-corrected chi connectivity index (χ3v) is 3.14. The van der Waals surface area contributed by atoms with Crippen LogP contribution in [-0.4, -0.2) is 6.61 Å². The average molecular weight is 198 g/mol. The van der Waals surface area contributed by atoms with Gasteiger partial charge in [-0.2, -0.15) is 0 Å². The van der Waals surface area contributed by atoms with Gasteiger partial charge >= 0.3 is 0 Å². The molecule has 0 amide bonds. The average Bonchev–Trinajstić information content (AvgIpc) is 2.68. The lowest BCUT2D eigenvalue weighted by Gasteiger charge is -2.08. The van der Waals surface area contributed by atoms with E-state index < -0.39 is 0 Å². The Kier molecular flexibility index (Phi) is 1.91. The van der Waals surface area contributed by atoms with Crippen LogP contribution in [0.1, 0.15) is 18.1 Å². The van der Waals surface area contributed by atoms with Crippen LogP contribution in [0, 0.1) is 0 Å². The summed E-state index contributed by atoms with van der Waals surface area (Å²) in [6.07, 6.45) is 2.37. The number of hydrogen-bond donors (Lipinski definition) is 0. The topological polar surface area (TPSA) is 9.23 Å². The van der Waals surface area contributed by atoms with E-state index in [1.54, 1.807) is 0 Å². The summed E-state index contributed by atoms with van der Waals surface area (Å²) in [6.45, 7) is 2.77. The third kappa shape index (κ3) is 1.23. The molecule has 0 heterocycles. The Hall–Kier alpha value is -1.50. The molecule has 15 heavy (non-hydrogen) atoms. The van der Waals surface area contributed by atoms with Crippen molar-refractivity contribution in [2.24, 2.45) is 0 Å². The van der Waals surface area contributed by atoms with Gasteiger partial charge in [0.05, 0.1) is 6.61 Å². The summed E-state index contributed by atoms with van der Waals surface area (Å²) >= 11 is 0. The van der Waals surface area contributed by atoms with Crippen molar-refractivity contribution < 1.29 is 4.74 Å². The Bertz CT molecular complexity index is 504. The molecule has 1 heteroatoms. The summed E-state index contributed by atoms with van der Waals surface area (Å²) in [7, 11) is 0. The van der Waals surface area contributed by atoms with Gasteiger partial charge < -0.3 is 4.74 Å². The second kappa shape index (κ2) is 3.27. The van der Waals surface area contributed by atoms with Crippen LogP contribution in [0.15, 0.2) is 30.3 Å². The number of hydrogen-bond acceptors (Lipinski definition) is 1. The molecule has 0 unspecified atom stereocenters. The zero-order chi connectivity index (χ0) is 10.3. The van der Waals surface area contributed by atoms with Crippen LogP contribution in [0.25, 0.3) is 10.8 Å². The van der Waals surface area contributed by atoms with Crippen LogP contribution in [0.4, 0.5) is 0 Å². The Labute approximate surface area is 89.7 Å². The molecule has 0 fully saturated rings. The number of ether oxygens (including phenoxy) is 1. The number of benzene rings is 2. The fourth-order valence-electron chi connectivity index (χ4n) is 2.50. The molecule has 1 aliphatic rings. The van der Waals surface area contributed by atoms with E-state index in [9.17, 15) is 0 Å². The lowest BCUT2D eigenvalue weighted by Crippen LogP contribution is -1.92. The molecule has 3 rings (SSSR count). The predicted octanol–water partition coefficient (Wildman–Crippen LogP) is 3.34. The molecule has 1 nitrogen and oxygen atoms in total. The minimum Gasteiger partial charge on any atom is -0.493 e. The lowest BCUT2D eigenvalue weighted by molar-refractivity contribution is 0.344. The quantitative estimate of drug-likeness (QED) is 0.719. The second-order valence-corrected chi connectivity index (χ2v) is 4.00. The number of rotatable bonds is 2. The van der Waals surface area contributed by atoms with Crippen molar-refractivity contribution in [3.63, 3.8) is 0 Å². The summed E-state index contributed by atoms with van der Waals surface area (Å²) in [5.74, 6) is 1.03. The first-order valence-corrected chi connectivity index (χ1v) is 5.56. The van der Waals surface area contributed by atoms with Gasteiger partial charge in [0.25, 0.3) is 0 Å². The highest BCUT2D eigenvalue weighted by atomic mass is 16.5. The third-order valence-electron chi connectivity index (χ3n) is 3.14. The smallest absolute Gasteiger partial charge is 0.127 e. The molecule has 0 spiro atoms. The Morgan fingerprint density at radius 2 is 1.87 bits per heavy atom.